The molecule has 2 aromatic rings. The van der Waals surface area contributed by atoms with Gasteiger partial charge in [0.2, 0.25) is 5.91 Å². The number of carbonyl (C=O) groups excluding carboxylic acids is 1. The van der Waals surface area contributed by atoms with Crippen LogP contribution in [0.3, 0.4) is 0 Å². The van der Waals surface area contributed by atoms with E-state index < -0.39 is 11.7 Å². The van der Waals surface area contributed by atoms with E-state index in [4.69, 9.17) is 16.3 Å². The third-order valence-electron chi connectivity index (χ3n) is 3.99. The van der Waals surface area contributed by atoms with Crippen molar-refractivity contribution in [3.63, 3.8) is 0 Å². The standard InChI is InChI=1S/C19H19ClF3NO2/c1-4-18(25)24-16-7-5-6-15(20)13(16)10-26-17-9-12(3)11(2)8-14(17)19(21,22)23/h5-9H,4,10H2,1-3H3,(H,24,25). The van der Waals surface area contributed by atoms with Gasteiger partial charge in [-0.1, -0.05) is 24.6 Å². The van der Waals surface area contributed by atoms with Crippen molar-refractivity contribution in [3.05, 3.63) is 57.6 Å². The van der Waals surface area contributed by atoms with Gasteiger partial charge >= 0.3 is 6.18 Å². The number of hydrogen-bond donors (Lipinski definition) is 1. The van der Waals surface area contributed by atoms with Crippen LogP contribution < -0.4 is 10.1 Å². The predicted molar refractivity (Wildman–Crippen MR) is 95.6 cm³/mol. The maximum atomic E-state index is 13.3. The maximum Gasteiger partial charge on any atom is 0.419 e. The summed E-state index contributed by atoms with van der Waals surface area (Å²) >= 11 is 6.15. The molecular weight excluding hydrogens is 367 g/mol. The van der Waals surface area contributed by atoms with Gasteiger partial charge in [0.1, 0.15) is 12.4 Å². The second-order valence-corrected chi connectivity index (χ2v) is 6.29. The molecule has 1 N–H and O–H groups in total. The molecule has 0 aliphatic heterocycles. The smallest absolute Gasteiger partial charge is 0.419 e. The first-order valence-corrected chi connectivity index (χ1v) is 8.39. The van der Waals surface area contributed by atoms with Crippen LogP contribution in [-0.2, 0) is 17.6 Å². The van der Waals surface area contributed by atoms with E-state index in [1.165, 1.54) is 6.07 Å². The van der Waals surface area contributed by atoms with Gasteiger partial charge in [-0.3, -0.25) is 4.79 Å². The van der Waals surface area contributed by atoms with Gasteiger partial charge in [-0.2, -0.15) is 13.2 Å². The lowest BCUT2D eigenvalue weighted by Gasteiger charge is -2.18. The number of rotatable bonds is 5. The molecule has 0 fully saturated rings. The Hall–Kier alpha value is -2.21. The summed E-state index contributed by atoms with van der Waals surface area (Å²) in [5.74, 6) is -0.496. The van der Waals surface area contributed by atoms with E-state index in [-0.39, 0.29) is 24.7 Å². The van der Waals surface area contributed by atoms with Gasteiger partial charge in [-0.25, -0.2) is 0 Å². The van der Waals surface area contributed by atoms with E-state index in [2.05, 4.69) is 5.32 Å². The number of nitrogens with one attached hydrogen (secondary N) is 1. The van der Waals surface area contributed by atoms with Crippen LogP contribution in [0.4, 0.5) is 18.9 Å². The summed E-state index contributed by atoms with van der Waals surface area (Å²) in [7, 11) is 0. The van der Waals surface area contributed by atoms with Crippen molar-refractivity contribution in [1.29, 1.82) is 0 Å². The zero-order valence-corrected chi connectivity index (χ0v) is 15.4. The molecule has 2 aromatic carbocycles. The van der Waals surface area contributed by atoms with Crippen LogP contribution in [0.1, 0.15) is 35.6 Å². The SMILES string of the molecule is CCC(=O)Nc1cccc(Cl)c1COc1cc(C)c(C)cc1C(F)(F)F. The molecule has 0 saturated heterocycles. The number of ether oxygens (including phenoxy) is 1. The van der Waals surface area contributed by atoms with Gasteiger partial charge in [0.15, 0.2) is 0 Å². The van der Waals surface area contributed by atoms with Crippen molar-refractivity contribution >= 4 is 23.2 Å². The summed E-state index contributed by atoms with van der Waals surface area (Å²) in [6.07, 6.45) is -4.27. The van der Waals surface area contributed by atoms with Crippen molar-refractivity contribution in [1.82, 2.24) is 0 Å². The number of alkyl halides is 3. The van der Waals surface area contributed by atoms with Crippen molar-refractivity contribution < 1.29 is 22.7 Å². The lowest BCUT2D eigenvalue weighted by atomic mass is 10.0. The Kier molecular flexibility index (Phi) is 6.18. The van der Waals surface area contributed by atoms with E-state index in [0.29, 0.717) is 27.4 Å². The highest BCUT2D eigenvalue weighted by atomic mass is 35.5. The van der Waals surface area contributed by atoms with Crippen molar-refractivity contribution in [2.24, 2.45) is 0 Å². The van der Waals surface area contributed by atoms with Crippen LogP contribution in [0, 0.1) is 13.8 Å². The van der Waals surface area contributed by atoms with Crippen LogP contribution in [-0.4, -0.2) is 5.91 Å². The minimum atomic E-state index is -4.53. The second-order valence-electron chi connectivity index (χ2n) is 5.89. The van der Waals surface area contributed by atoms with Crippen molar-refractivity contribution in [3.8, 4) is 5.75 Å². The van der Waals surface area contributed by atoms with Gasteiger partial charge in [0.05, 0.1) is 5.56 Å². The number of halogens is 4. The summed E-state index contributed by atoms with van der Waals surface area (Å²) in [6, 6.07) is 7.29. The Morgan fingerprint density at radius 1 is 1.19 bits per heavy atom. The number of carbonyl (C=O) groups is 1. The minimum absolute atomic E-state index is 0.204. The number of hydrogen-bond acceptors (Lipinski definition) is 2. The van der Waals surface area contributed by atoms with Gasteiger partial charge in [-0.05, 0) is 49.2 Å². The molecule has 1 amide bonds. The first-order valence-electron chi connectivity index (χ1n) is 8.02. The van der Waals surface area contributed by atoms with Crippen LogP contribution in [0.5, 0.6) is 5.75 Å². The molecule has 0 aliphatic carbocycles. The Morgan fingerprint density at radius 2 is 1.85 bits per heavy atom. The Balaban J connectivity index is 2.35. The average molecular weight is 386 g/mol. The molecular formula is C19H19ClF3NO2. The zero-order valence-electron chi connectivity index (χ0n) is 14.6. The van der Waals surface area contributed by atoms with Gasteiger partial charge in [0, 0.05) is 22.7 Å². The van der Waals surface area contributed by atoms with Crippen LogP contribution in [0.2, 0.25) is 5.02 Å². The monoisotopic (exact) mass is 385 g/mol. The summed E-state index contributed by atoms with van der Waals surface area (Å²) in [5.41, 5.74) is 1.21. The number of amides is 1. The fourth-order valence-electron chi connectivity index (χ4n) is 2.34. The number of benzene rings is 2. The summed E-state index contributed by atoms with van der Waals surface area (Å²) in [6.45, 7) is 4.82. The van der Waals surface area contributed by atoms with Crippen LogP contribution >= 0.6 is 11.6 Å². The minimum Gasteiger partial charge on any atom is -0.488 e. The largest absolute Gasteiger partial charge is 0.488 e. The Morgan fingerprint density at radius 3 is 2.46 bits per heavy atom. The van der Waals surface area contributed by atoms with Crippen LogP contribution in [0.25, 0.3) is 0 Å². The fourth-order valence-corrected chi connectivity index (χ4v) is 2.57. The number of aryl methyl sites for hydroxylation is 2. The molecule has 0 aromatic heterocycles. The molecule has 0 atom stereocenters. The lowest BCUT2D eigenvalue weighted by Crippen LogP contribution is -2.13. The first-order chi connectivity index (χ1) is 12.1. The van der Waals surface area contributed by atoms with Gasteiger partial charge in [0.25, 0.3) is 0 Å². The van der Waals surface area contributed by atoms with E-state index in [0.717, 1.165) is 6.07 Å². The highest BCUT2D eigenvalue weighted by molar-refractivity contribution is 6.31. The third-order valence-corrected chi connectivity index (χ3v) is 4.34. The van der Waals surface area contributed by atoms with Crippen molar-refractivity contribution in [2.45, 2.75) is 40.0 Å². The van der Waals surface area contributed by atoms with Crippen LogP contribution in [0.15, 0.2) is 30.3 Å². The molecule has 3 nitrogen and oxygen atoms in total. The average Bonchev–Trinajstić information content (AvgIpc) is 2.56. The summed E-state index contributed by atoms with van der Waals surface area (Å²) in [5, 5.41) is 2.98. The predicted octanol–water partition coefficient (Wildman–Crippen LogP) is 5.90. The molecule has 2 rings (SSSR count). The first kappa shape index (κ1) is 20.1. The van der Waals surface area contributed by atoms with E-state index in [1.807, 2.05) is 0 Å². The maximum absolute atomic E-state index is 13.3. The highest BCUT2D eigenvalue weighted by Crippen LogP contribution is 2.38. The molecule has 0 heterocycles. The van der Waals surface area contributed by atoms with E-state index in [1.54, 1.807) is 39.0 Å². The zero-order chi connectivity index (χ0) is 19.5. The normalized spacial score (nSPS) is 11.3. The highest BCUT2D eigenvalue weighted by Gasteiger charge is 2.35. The Labute approximate surface area is 155 Å². The van der Waals surface area contributed by atoms with Crippen molar-refractivity contribution in [2.75, 3.05) is 5.32 Å². The lowest BCUT2D eigenvalue weighted by molar-refractivity contribution is -0.139. The molecule has 0 saturated carbocycles. The second kappa shape index (κ2) is 7.99. The Bertz CT molecular complexity index is 819. The molecule has 0 spiro atoms. The quantitative estimate of drug-likeness (QED) is 0.695. The molecule has 26 heavy (non-hydrogen) atoms. The molecule has 0 radical (unpaired) electrons. The molecule has 0 unspecified atom stereocenters. The number of anilines is 1. The summed E-state index contributed by atoms with van der Waals surface area (Å²) in [4.78, 5) is 11.6. The van der Waals surface area contributed by atoms with E-state index >= 15 is 0 Å². The fraction of sp³-hybridized carbons (Fsp3) is 0.316. The van der Waals surface area contributed by atoms with E-state index in [9.17, 15) is 18.0 Å². The van der Waals surface area contributed by atoms with Gasteiger partial charge in [-0.15, -0.1) is 0 Å². The third kappa shape index (κ3) is 4.69. The molecule has 0 aliphatic rings. The molecule has 7 heteroatoms. The topological polar surface area (TPSA) is 38.3 Å². The molecule has 0 bridgehead atoms. The summed E-state index contributed by atoms with van der Waals surface area (Å²) < 4.78 is 45.4. The van der Waals surface area contributed by atoms with Gasteiger partial charge < -0.3 is 10.1 Å². The molecule has 140 valence electrons.